The highest BCUT2D eigenvalue weighted by Gasteiger charge is 2.35. The van der Waals surface area contributed by atoms with Crippen LogP contribution in [0.1, 0.15) is 18.9 Å². The average molecular weight is 255 g/mol. The molecule has 6 nitrogen and oxygen atoms in total. The van der Waals surface area contributed by atoms with Crippen molar-refractivity contribution in [2.45, 2.75) is 31.1 Å². The summed E-state index contributed by atoms with van der Waals surface area (Å²) in [6, 6.07) is -0.207. The van der Waals surface area contributed by atoms with Gasteiger partial charge in [-0.25, -0.2) is 15.0 Å². The van der Waals surface area contributed by atoms with Gasteiger partial charge in [-0.1, -0.05) is 11.6 Å². The molecule has 1 aliphatic rings. The molecule has 2 aromatic heterocycles. The minimum Gasteiger partial charge on any atom is -0.390 e. The van der Waals surface area contributed by atoms with E-state index in [9.17, 15) is 10.2 Å². The normalized spacial score (nSPS) is 29.0. The molecule has 0 aliphatic heterocycles. The summed E-state index contributed by atoms with van der Waals surface area (Å²) in [6.45, 7) is 0. The second-order valence-corrected chi connectivity index (χ2v) is 4.55. The molecule has 0 bridgehead atoms. The first-order chi connectivity index (χ1) is 8.18. The number of imidazole rings is 1. The summed E-state index contributed by atoms with van der Waals surface area (Å²) in [5.41, 5.74) is 1.10. The van der Waals surface area contributed by atoms with Crippen molar-refractivity contribution in [1.82, 2.24) is 19.5 Å². The average Bonchev–Trinajstić information content (AvgIpc) is 2.86. The van der Waals surface area contributed by atoms with Gasteiger partial charge in [0, 0.05) is 0 Å². The smallest absolute Gasteiger partial charge is 0.165 e. The molecule has 2 N–H and O–H groups in total. The zero-order chi connectivity index (χ0) is 12.0. The van der Waals surface area contributed by atoms with E-state index in [2.05, 4.69) is 15.0 Å². The standard InChI is InChI=1S/C10H11ClN4O2/c11-9-7-10(13-3-12-9)15(4-14-7)5-1-2-6(16)8(5)17/h3-6,8,16-17H,1-2H2/t5-,6+,8-/m0/s1. The van der Waals surface area contributed by atoms with Crippen LogP contribution in [0, 0.1) is 0 Å². The minimum absolute atomic E-state index is 0.207. The van der Waals surface area contributed by atoms with Crippen LogP contribution in [0.3, 0.4) is 0 Å². The number of fused-ring (bicyclic) bond motifs is 1. The van der Waals surface area contributed by atoms with Gasteiger partial charge in [-0.15, -0.1) is 0 Å². The van der Waals surface area contributed by atoms with Crippen LogP contribution < -0.4 is 0 Å². The van der Waals surface area contributed by atoms with Crippen molar-refractivity contribution in [3.05, 3.63) is 17.8 Å². The number of nitrogens with zero attached hydrogens (tertiary/aromatic N) is 4. The number of halogens is 1. The van der Waals surface area contributed by atoms with Gasteiger partial charge in [0.2, 0.25) is 0 Å². The molecule has 90 valence electrons. The summed E-state index contributed by atoms with van der Waals surface area (Å²) in [4.78, 5) is 12.1. The Balaban J connectivity index is 2.10. The predicted molar refractivity (Wildman–Crippen MR) is 60.6 cm³/mol. The van der Waals surface area contributed by atoms with E-state index >= 15 is 0 Å². The van der Waals surface area contributed by atoms with Crippen LogP contribution in [0.2, 0.25) is 5.15 Å². The maximum absolute atomic E-state index is 9.88. The van der Waals surface area contributed by atoms with Crippen LogP contribution >= 0.6 is 11.6 Å². The molecule has 1 saturated carbocycles. The summed E-state index contributed by atoms with van der Waals surface area (Å²) in [7, 11) is 0. The largest absolute Gasteiger partial charge is 0.390 e. The second-order valence-electron chi connectivity index (χ2n) is 4.19. The van der Waals surface area contributed by atoms with Crippen molar-refractivity contribution in [2.24, 2.45) is 0 Å². The molecular formula is C10H11ClN4O2. The van der Waals surface area contributed by atoms with Gasteiger partial charge >= 0.3 is 0 Å². The van der Waals surface area contributed by atoms with Crippen molar-refractivity contribution in [2.75, 3.05) is 0 Å². The van der Waals surface area contributed by atoms with E-state index in [1.165, 1.54) is 6.33 Å². The third-order valence-electron chi connectivity index (χ3n) is 3.22. The molecule has 0 unspecified atom stereocenters. The number of aromatic nitrogens is 4. The lowest BCUT2D eigenvalue weighted by Crippen LogP contribution is -2.26. The maximum Gasteiger partial charge on any atom is 0.165 e. The number of aliphatic hydroxyl groups is 2. The van der Waals surface area contributed by atoms with E-state index < -0.39 is 12.2 Å². The third kappa shape index (κ3) is 1.60. The lowest BCUT2D eigenvalue weighted by Gasteiger charge is -2.17. The predicted octanol–water partition coefficient (Wildman–Crippen LogP) is 0.536. The van der Waals surface area contributed by atoms with Gasteiger partial charge in [0.1, 0.15) is 17.9 Å². The van der Waals surface area contributed by atoms with Crippen molar-refractivity contribution in [3.8, 4) is 0 Å². The Bertz CT molecular complexity index is 558. The van der Waals surface area contributed by atoms with Crippen molar-refractivity contribution in [3.63, 3.8) is 0 Å². The first-order valence-corrected chi connectivity index (χ1v) is 5.75. The molecule has 0 radical (unpaired) electrons. The Kier molecular flexibility index (Phi) is 2.50. The van der Waals surface area contributed by atoms with Gasteiger partial charge in [0.05, 0.1) is 18.5 Å². The fourth-order valence-corrected chi connectivity index (χ4v) is 2.49. The van der Waals surface area contributed by atoms with Crippen LogP contribution in [-0.2, 0) is 0 Å². The summed E-state index contributed by atoms with van der Waals surface area (Å²) < 4.78 is 1.75. The second kappa shape index (κ2) is 3.90. The van der Waals surface area contributed by atoms with E-state index in [4.69, 9.17) is 11.6 Å². The maximum atomic E-state index is 9.88. The highest BCUT2D eigenvalue weighted by atomic mass is 35.5. The summed E-state index contributed by atoms with van der Waals surface area (Å²) in [6.07, 6.45) is 2.73. The number of aliphatic hydroxyl groups excluding tert-OH is 2. The Morgan fingerprint density at radius 1 is 1.24 bits per heavy atom. The van der Waals surface area contributed by atoms with Crippen LogP contribution in [0.5, 0.6) is 0 Å². The van der Waals surface area contributed by atoms with Crippen LogP contribution in [0.25, 0.3) is 11.2 Å². The first-order valence-electron chi connectivity index (χ1n) is 5.37. The molecule has 3 rings (SSSR count). The highest BCUT2D eigenvalue weighted by Crippen LogP contribution is 2.32. The van der Waals surface area contributed by atoms with E-state index in [-0.39, 0.29) is 6.04 Å². The SMILES string of the molecule is O[C@@H]1[C@H](O)CC[C@@H]1n1cnc2c(Cl)ncnc21. The molecule has 0 amide bonds. The van der Waals surface area contributed by atoms with E-state index in [0.717, 1.165) is 0 Å². The molecule has 17 heavy (non-hydrogen) atoms. The topological polar surface area (TPSA) is 84.1 Å². The molecule has 1 fully saturated rings. The molecule has 2 aromatic rings. The number of rotatable bonds is 1. The molecule has 0 aromatic carbocycles. The van der Waals surface area contributed by atoms with Crippen LogP contribution in [0.4, 0.5) is 0 Å². The molecule has 7 heteroatoms. The molecule has 1 aliphatic carbocycles. The van der Waals surface area contributed by atoms with Gasteiger partial charge in [0.25, 0.3) is 0 Å². The van der Waals surface area contributed by atoms with Gasteiger partial charge < -0.3 is 14.8 Å². The zero-order valence-electron chi connectivity index (χ0n) is 8.86. The summed E-state index contributed by atoms with van der Waals surface area (Å²) >= 11 is 5.90. The van der Waals surface area contributed by atoms with E-state index in [1.807, 2.05) is 0 Å². The molecule has 2 heterocycles. The van der Waals surface area contributed by atoms with Gasteiger partial charge in [-0.05, 0) is 12.8 Å². The number of hydrogen-bond acceptors (Lipinski definition) is 5. The zero-order valence-corrected chi connectivity index (χ0v) is 9.62. The monoisotopic (exact) mass is 254 g/mol. The van der Waals surface area contributed by atoms with E-state index in [0.29, 0.717) is 29.2 Å². The van der Waals surface area contributed by atoms with Gasteiger partial charge in [0.15, 0.2) is 10.8 Å². The van der Waals surface area contributed by atoms with Gasteiger partial charge in [-0.2, -0.15) is 0 Å². The summed E-state index contributed by atoms with van der Waals surface area (Å²) in [5, 5.41) is 19.7. The van der Waals surface area contributed by atoms with Crippen molar-refractivity contribution in [1.29, 1.82) is 0 Å². The lowest BCUT2D eigenvalue weighted by molar-refractivity contribution is 0.0241. The third-order valence-corrected chi connectivity index (χ3v) is 3.49. The van der Waals surface area contributed by atoms with Crippen LogP contribution in [0.15, 0.2) is 12.7 Å². The Morgan fingerprint density at radius 3 is 2.76 bits per heavy atom. The summed E-state index contributed by atoms with van der Waals surface area (Å²) in [5.74, 6) is 0. The highest BCUT2D eigenvalue weighted by molar-refractivity contribution is 6.33. The Morgan fingerprint density at radius 2 is 2.06 bits per heavy atom. The van der Waals surface area contributed by atoms with E-state index in [1.54, 1.807) is 10.9 Å². The lowest BCUT2D eigenvalue weighted by atomic mass is 10.2. The molecule has 3 atom stereocenters. The first kappa shape index (κ1) is 10.9. The fourth-order valence-electron chi connectivity index (χ4n) is 2.31. The van der Waals surface area contributed by atoms with Gasteiger partial charge in [-0.3, -0.25) is 0 Å². The molecule has 0 saturated heterocycles. The minimum atomic E-state index is -0.791. The van der Waals surface area contributed by atoms with Crippen LogP contribution in [-0.4, -0.2) is 41.9 Å². The Hall–Kier alpha value is -1.24. The van der Waals surface area contributed by atoms with Crippen molar-refractivity contribution >= 4 is 22.8 Å². The number of hydrogen-bond donors (Lipinski definition) is 2. The quantitative estimate of drug-likeness (QED) is 0.726. The fraction of sp³-hybridized carbons (Fsp3) is 0.500. The Labute approximate surface area is 102 Å². The van der Waals surface area contributed by atoms with Crippen molar-refractivity contribution < 1.29 is 10.2 Å². The molecule has 0 spiro atoms. The molecular weight excluding hydrogens is 244 g/mol.